The van der Waals surface area contributed by atoms with Crippen molar-refractivity contribution in [2.24, 2.45) is 5.92 Å². The molecule has 0 aliphatic carbocycles. The largest absolute Gasteiger partial charge is 0.497 e. The highest BCUT2D eigenvalue weighted by Crippen LogP contribution is 2.46. The standard InChI is InChI=1S/C38H38F3N7O5S/c1-51-30-10-4-27(5-11-30)23-47(24-28-6-12-31(52-2)13-7-28)54(49,50)36-33(38(39,40)41)16-17-34(46-20-18-26(22-42)19-21-46)35(36)37-43-44-45-48(37)25-29-8-14-32(53-3)15-9-29/h4-17,26H,18-21,23-25H2,1-3H3. The van der Waals surface area contributed by atoms with Gasteiger partial charge in [-0.1, -0.05) is 36.4 Å². The summed E-state index contributed by atoms with van der Waals surface area (Å²) in [6, 6.07) is 24.5. The molecule has 1 saturated heterocycles. The van der Waals surface area contributed by atoms with Crippen molar-refractivity contribution in [2.45, 2.75) is 43.5 Å². The molecule has 0 spiro atoms. The van der Waals surface area contributed by atoms with E-state index in [0.717, 1.165) is 10.4 Å². The highest BCUT2D eigenvalue weighted by Gasteiger charge is 2.44. The number of halogens is 3. The monoisotopic (exact) mass is 761 g/mol. The Balaban J connectivity index is 1.57. The first-order valence-electron chi connectivity index (χ1n) is 17.0. The van der Waals surface area contributed by atoms with Crippen LogP contribution in [0.5, 0.6) is 17.2 Å². The Morgan fingerprint density at radius 1 is 0.796 bits per heavy atom. The van der Waals surface area contributed by atoms with E-state index in [0.29, 0.717) is 59.9 Å². The molecule has 0 atom stereocenters. The molecule has 0 N–H and O–H groups in total. The molecule has 6 rings (SSSR count). The van der Waals surface area contributed by atoms with Gasteiger partial charge in [0.1, 0.15) is 22.1 Å². The van der Waals surface area contributed by atoms with Gasteiger partial charge in [-0.05, 0) is 88.5 Å². The van der Waals surface area contributed by atoms with Gasteiger partial charge in [0.15, 0.2) is 5.82 Å². The summed E-state index contributed by atoms with van der Waals surface area (Å²) in [6.07, 6.45) is -4.21. The minimum Gasteiger partial charge on any atom is -0.497 e. The number of nitrogens with zero attached hydrogens (tertiary/aromatic N) is 7. The number of piperidine rings is 1. The first-order chi connectivity index (χ1) is 25.9. The van der Waals surface area contributed by atoms with Crippen LogP contribution in [-0.4, -0.2) is 67.3 Å². The maximum atomic E-state index is 15.3. The third-order valence-electron chi connectivity index (χ3n) is 9.34. The Morgan fingerprint density at radius 3 is 1.76 bits per heavy atom. The lowest BCUT2D eigenvalue weighted by molar-refractivity contribution is -0.139. The number of nitriles is 1. The number of hydrogen-bond acceptors (Lipinski definition) is 10. The summed E-state index contributed by atoms with van der Waals surface area (Å²) in [4.78, 5) is 0.828. The predicted molar refractivity (Wildman–Crippen MR) is 193 cm³/mol. The van der Waals surface area contributed by atoms with Crippen molar-refractivity contribution in [3.05, 3.63) is 107 Å². The fourth-order valence-electron chi connectivity index (χ4n) is 6.41. The number of anilines is 1. The number of sulfonamides is 1. The van der Waals surface area contributed by atoms with Crippen LogP contribution >= 0.6 is 0 Å². The van der Waals surface area contributed by atoms with Crippen LogP contribution in [0.3, 0.4) is 0 Å². The van der Waals surface area contributed by atoms with E-state index < -0.39 is 26.7 Å². The average molecular weight is 762 g/mol. The van der Waals surface area contributed by atoms with Crippen molar-refractivity contribution in [1.82, 2.24) is 24.5 Å². The van der Waals surface area contributed by atoms with Crippen molar-refractivity contribution in [3.8, 4) is 34.7 Å². The summed E-state index contributed by atoms with van der Waals surface area (Å²) < 4.78 is 94.4. The molecule has 5 aromatic rings. The Hall–Kier alpha value is -5.66. The lowest BCUT2D eigenvalue weighted by Gasteiger charge is -2.34. The Morgan fingerprint density at radius 2 is 1.30 bits per heavy atom. The highest BCUT2D eigenvalue weighted by molar-refractivity contribution is 7.89. The quantitative estimate of drug-likeness (QED) is 0.130. The van der Waals surface area contributed by atoms with Crippen molar-refractivity contribution >= 4 is 15.7 Å². The van der Waals surface area contributed by atoms with Gasteiger partial charge in [0.25, 0.3) is 0 Å². The molecule has 16 heteroatoms. The van der Waals surface area contributed by atoms with E-state index in [1.807, 2.05) is 0 Å². The normalized spacial score (nSPS) is 13.9. The average Bonchev–Trinajstić information content (AvgIpc) is 3.65. The molecule has 1 aromatic heterocycles. The minimum absolute atomic E-state index is 0.0133. The molecule has 0 amide bonds. The van der Waals surface area contributed by atoms with E-state index >= 15 is 21.6 Å². The summed E-state index contributed by atoms with van der Waals surface area (Å²) in [5, 5.41) is 21.7. The van der Waals surface area contributed by atoms with Gasteiger partial charge in [-0.25, -0.2) is 13.1 Å². The molecule has 0 bridgehead atoms. The van der Waals surface area contributed by atoms with Crippen LogP contribution in [0.25, 0.3) is 11.4 Å². The molecule has 0 saturated carbocycles. The molecule has 0 radical (unpaired) electrons. The maximum absolute atomic E-state index is 15.3. The molecular weight excluding hydrogens is 724 g/mol. The fourth-order valence-corrected chi connectivity index (χ4v) is 8.22. The first-order valence-corrected chi connectivity index (χ1v) is 18.4. The summed E-state index contributed by atoms with van der Waals surface area (Å²) in [7, 11) is -0.515. The van der Waals surface area contributed by atoms with E-state index in [1.165, 1.54) is 32.1 Å². The number of benzene rings is 4. The van der Waals surface area contributed by atoms with Crippen LogP contribution < -0.4 is 19.1 Å². The Labute approximate surface area is 311 Å². The smallest absolute Gasteiger partial charge is 0.417 e. The van der Waals surface area contributed by atoms with Gasteiger partial charge in [0, 0.05) is 37.8 Å². The lowest BCUT2D eigenvalue weighted by Crippen LogP contribution is -2.36. The van der Waals surface area contributed by atoms with E-state index in [-0.39, 0.29) is 42.6 Å². The molecule has 1 aliphatic heterocycles. The van der Waals surface area contributed by atoms with Crippen LogP contribution in [-0.2, 0) is 35.8 Å². The molecular formula is C38H38F3N7O5S. The zero-order chi connectivity index (χ0) is 38.5. The van der Waals surface area contributed by atoms with Crippen molar-refractivity contribution in [3.63, 3.8) is 0 Å². The summed E-state index contributed by atoms with van der Waals surface area (Å²) in [5.74, 6) is 1.25. The number of ether oxygens (including phenoxy) is 3. The zero-order valence-electron chi connectivity index (χ0n) is 29.8. The van der Waals surface area contributed by atoms with Crippen LogP contribution in [0, 0.1) is 17.2 Å². The minimum atomic E-state index is -5.09. The molecule has 4 aromatic carbocycles. The number of tetrazole rings is 1. The molecule has 12 nitrogen and oxygen atoms in total. The molecule has 1 fully saturated rings. The van der Waals surface area contributed by atoms with E-state index in [2.05, 4.69) is 21.6 Å². The van der Waals surface area contributed by atoms with Gasteiger partial charge in [0.05, 0.1) is 45.1 Å². The van der Waals surface area contributed by atoms with Gasteiger partial charge in [-0.2, -0.15) is 22.7 Å². The molecule has 282 valence electrons. The number of methoxy groups -OCH3 is 3. The second-order valence-electron chi connectivity index (χ2n) is 12.7. The van der Waals surface area contributed by atoms with Crippen molar-refractivity contribution in [1.29, 1.82) is 5.26 Å². The van der Waals surface area contributed by atoms with Crippen molar-refractivity contribution < 1.29 is 35.8 Å². The van der Waals surface area contributed by atoms with Crippen LogP contribution in [0.1, 0.15) is 35.1 Å². The second-order valence-corrected chi connectivity index (χ2v) is 14.6. The number of aromatic nitrogens is 4. The van der Waals surface area contributed by atoms with Gasteiger partial charge in [-0.3, -0.25) is 0 Å². The van der Waals surface area contributed by atoms with E-state index in [1.54, 1.807) is 77.7 Å². The van der Waals surface area contributed by atoms with Crippen molar-refractivity contribution in [2.75, 3.05) is 39.3 Å². The van der Waals surface area contributed by atoms with Gasteiger partial charge < -0.3 is 19.1 Å². The van der Waals surface area contributed by atoms with Crippen LogP contribution in [0.2, 0.25) is 0 Å². The van der Waals surface area contributed by atoms with Gasteiger partial charge in [0.2, 0.25) is 10.0 Å². The Bertz CT molecular complexity index is 2150. The summed E-state index contributed by atoms with van der Waals surface area (Å²) in [6.45, 7) is 0.0713. The Kier molecular flexibility index (Phi) is 11.4. The number of rotatable bonds is 13. The fraction of sp³-hybridized carbons (Fsp3) is 0.316. The molecule has 0 unspecified atom stereocenters. The lowest BCUT2D eigenvalue weighted by atomic mass is 9.96. The third kappa shape index (κ3) is 8.27. The van der Waals surface area contributed by atoms with E-state index in [4.69, 9.17) is 14.2 Å². The van der Waals surface area contributed by atoms with Crippen LogP contribution in [0.4, 0.5) is 18.9 Å². The molecule has 54 heavy (non-hydrogen) atoms. The van der Waals surface area contributed by atoms with E-state index in [9.17, 15) is 5.26 Å². The molecule has 1 aliphatic rings. The van der Waals surface area contributed by atoms with Gasteiger partial charge >= 0.3 is 6.18 Å². The SMILES string of the molecule is COc1ccc(CN(Cc2ccc(OC)cc2)S(=O)(=O)c2c(C(F)(F)F)ccc(N3CCC(C#N)CC3)c2-c2nnnn2Cc2ccc(OC)cc2)cc1. The van der Waals surface area contributed by atoms with Gasteiger partial charge in [-0.15, -0.1) is 5.10 Å². The van der Waals surface area contributed by atoms with Crippen LogP contribution in [0.15, 0.2) is 89.8 Å². The predicted octanol–water partition coefficient (Wildman–Crippen LogP) is 6.56. The topological polar surface area (TPSA) is 136 Å². The zero-order valence-corrected chi connectivity index (χ0v) is 30.6. The maximum Gasteiger partial charge on any atom is 0.417 e. The number of alkyl halides is 3. The summed E-state index contributed by atoms with van der Waals surface area (Å²) >= 11 is 0. The third-order valence-corrected chi connectivity index (χ3v) is 11.2. The molecule has 2 heterocycles. The highest BCUT2D eigenvalue weighted by atomic mass is 32.2. The number of hydrogen-bond donors (Lipinski definition) is 0. The summed E-state index contributed by atoms with van der Waals surface area (Å²) in [5.41, 5.74) is 0.286. The first kappa shape index (κ1) is 38.1. The second kappa shape index (κ2) is 16.1.